The number of thiocarbonyl (C=S) groups is 1. The van der Waals surface area contributed by atoms with Gasteiger partial charge in [0.15, 0.2) is 5.11 Å². The number of nitrogens with one attached hydrogen (secondary N) is 4. The van der Waals surface area contributed by atoms with Crippen molar-refractivity contribution >= 4 is 56.7 Å². The highest BCUT2D eigenvalue weighted by Crippen LogP contribution is 2.23. The smallest absolute Gasteiger partial charge is 0.269 e. The van der Waals surface area contributed by atoms with Gasteiger partial charge in [-0.1, -0.05) is 60.1 Å². The second kappa shape index (κ2) is 14.3. The number of anilines is 1. The van der Waals surface area contributed by atoms with Crippen molar-refractivity contribution in [2.24, 2.45) is 5.92 Å². The van der Waals surface area contributed by atoms with Crippen LogP contribution in [0.3, 0.4) is 0 Å². The van der Waals surface area contributed by atoms with Gasteiger partial charge in [0, 0.05) is 28.6 Å². The number of hydrogen-bond acceptors (Lipinski definition) is 5. The summed E-state index contributed by atoms with van der Waals surface area (Å²) in [5, 5.41) is 5.24. The minimum atomic E-state index is -0.491. The third-order valence-electron chi connectivity index (χ3n) is 5.22. The molecule has 0 aliphatic heterocycles. The van der Waals surface area contributed by atoms with Gasteiger partial charge in [-0.15, -0.1) is 0 Å². The van der Waals surface area contributed by atoms with E-state index in [2.05, 4.69) is 37.4 Å². The fraction of sp³-hybridized carbons (Fsp3) is 0.214. The minimum absolute atomic E-state index is 0.0869. The van der Waals surface area contributed by atoms with Crippen molar-refractivity contribution in [3.8, 4) is 5.75 Å². The number of rotatable bonds is 9. The zero-order valence-corrected chi connectivity index (χ0v) is 23.4. The van der Waals surface area contributed by atoms with Gasteiger partial charge < -0.3 is 10.1 Å². The molecule has 10 heteroatoms. The molecule has 8 nitrogen and oxygen atoms in total. The second-order valence-electron chi connectivity index (χ2n) is 8.81. The quantitative estimate of drug-likeness (QED) is 0.204. The number of halogens is 1. The maximum absolute atomic E-state index is 12.9. The molecule has 3 aromatic rings. The standard InChI is InChI=1S/C28H29BrN4O4S/c1-18(2)16-25(34)30-22-11-8-20(9-12-22)26(35)32-33-28(38)31-27(36)23-17-21(29)10-13-24(23)37-15-14-19-6-4-3-5-7-19/h3-13,17-18H,14-16H2,1-2H3,(H,30,34)(H,32,35)(H2,31,33,36,38). The average Bonchev–Trinajstić information content (AvgIpc) is 2.88. The van der Waals surface area contributed by atoms with Crippen molar-refractivity contribution in [2.75, 3.05) is 11.9 Å². The maximum atomic E-state index is 12.9. The number of amides is 3. The van der Waals surface area contributed by atoms with Crippen LogP contribution in [0.25, 0.3) is 0 Å². The molecular formula is C28H29BrN4O4S. The fourth-order valence-electron chi connectivity index (χ4n) is 3.40. The molecule has 0 aromatic heterocycles. The van der Waals surface area contributed by atoms with E-state index < -0.39 is 11.8 Å². The lowest BCUT2D eigenvalue weighted by atomic mass is 10.1. The summed E-state index contributed by atoms with van der Waals surface area (Å²) in [7, 11) is 0. The van der Waals surface area contributed by atoms with Crippen LogP contribution in [0.2, 0.25) is 0 Å². The second-order valence-corrected chi connectivity index (χ2v) is 10.1. The van der Waals surface area contributed by atoms with Gasteiger partial charge in [-0.3, -0.25) is 30.6 Å². The minimum Gasteiger partial charge on any atom is -0.492 e. The predicted octanol–water partition coefficient (Wildman–Crippen LogP) is 5.00. The molecule has 0 atom stereocenters. The molecule has 0 aliphatic carbocycles. The molecule has 0 aliphatic rings. The summed E-state index contributed by atoms with van der Waals surface area (Å²) >= 11 is 8.55. The van der Waals surface area contributed by atoms with Crippen LogP contribution in [0.1, 0.15) is 46.5 Å². The number of ether oxygens (including phenoxy) is 1. The van der Waals surface area contributed by atoms with Crippen molar-refractivity contribution < 1.29 is 19.1 Å². The summed E-state index contributed by atoms with van der Waals surface area (Å²) in [5.41, 5.74) is 7.33. The highest BCUT2D eigenvalue weighted by Gasteiger charge is 2.16. The van der Waals surface area contributed by atoms with Gasteiger partial charge in [0.25, 0.3) is 11.8 Å². The Labute approximate surface area is 235 Å². The molecule has 0 unspecified atom stereocenters. The van der Waals surface area contributed by atoms with Gasteiger partial charge in [-0.2, -0.15) is 0 Å². The molecule has 0 spiro atoms. The highest BCUT2D eigenvalue weighted by molar-refractivity contribution is 9.10. The van der Waals surface area contributed by atoms with E-state index in [4.69, 9.17) is 17.0 Å². The normalized spacial score (nSPS) is 10.4. The van der Waals surface area contributed by atoms with E-state index >= 15 is 0 Å². The van der Waals surface area contributed by atoms with Gasteiger partial charge in [0.1, 0.15) is 5.75 Å². The summed E-state index contributed by atoms with van der Waals surface area (Å²) in [5.74, 6) is -0.384. The topological polar surface area (TPSA) is 109 Å². The Morgan fingerprint density at radius 2 is 1.63 bits per heavy atom. The van der Waals surface area contributed by atoms with Crippen LogP contribution < -0.4 is 26.2 Å². The SMILES string of the molecule is CC(C)CC(=O)Nc1ccc(C(=O)NNC(=S)NC(=O)c2cc(Br)ccc2OCCc2ccccc2)cc1. The summed E-state index contributed by atoms with van der Waals surface area (Å²) in [6.45, 7) is 4.32. The molecule has 0 heterocycles. The summed E-state index contributed by atoms with van der Waals surface area (Å²) in [6, 6.07) is 21.4. The van der Waals surface area contributed by atoms with Crippen LogP contribution in [0.5, 0.6) is 5.75 Å². The van der Waals surface area contributed by atoms with E-state index in [0.29, 0.717) is 40.9 Å². The molecule has 3 amide bonds. The van der Waals surface area contributed by atoms with E-state index in [1.807, 2.05) is 44.2 Å². The zero-order chi connectivity index (χ0) is 27.5. The Morgan fingerprint density at radius 1 is 0.921 bits per heavy atom. The molecule has 4 N–H and O–H groups in total. The molecule has 0 saturated carbocycles. The molecular weight excluding hydrogens is 568 g/mol. The van der Waals surface area contributed by atoms with Crippen LogP contribution in [-0.2, 0) is 11.2 Å². The Hall–Kier alpha value is -3.76. The number of hydrogen-bond donors (Lipinski definition) is 4. The van der Waals surface area contributed by atoms with Crippen molar-refractivity contribution in [1.29, 1.82) is 0 Å². The molecule has 198 valence electrons. The number of carbonyl (C=O) groups excluding carboxylic acids is 3. The first-order valence-electron chi connectivity index (χ1n) is 12.0. The van der Waals surface area contributed by atoms with Gasteiger partial charge in [0.2, 0.25) is 5.91 Å². The molecule has 3 aromatic carbocycles. The Kier molecular flexibility index (Phi) is 10.8. The number of hydrazine groups is 1. The van der Waals surface area contributed by atoms with Crippen LogP contribution in [0.15, 0.2) is 77.3 Å². The van der Waals surface area contributed by atoms with E-state index in [0.717, 1.165) is 5.56 Å². The summed E-state index contributed by atoms with van der Waals surface area (Å²) in [4.78, 5) is 37.2. The van der Waals surface area contributed by atoms with Gasteiger partial charge >= 0.3 is 0 Å². The van der Waals surface area contributed by atoms with Crippen molar-refractivity contribution in [3.05, 3.63) is 94.0 Å². The highest BCUT2D eigenvalue weighted by atomic mass is 79.9. The van der Waals surface area contributed by atoms with E-state index in [9.17, 15) is 14.4 Å². The van der Waals surface area contributed by atoms with Crippen molar-refractivity contribution in [2.45, 2.75) is 26.7 Å². The van der Waals surface area contributed by atoms with Crippen LogP contribution in [0.4, 0.5) is 5.69 Å². The average molecular weight is 598 g/mol. The lowest BCUT2D eigenvalue weighted by Crippen LogP contribution is -2.48. The first-order valence-corrected chi connectivity index (χ1v) is 13.2. The predicted molar refractivity (Wildman–Crippen MR) is 155 cm³/mol. The molecule has 0 radical (unpaired) electrons. The first kappa shape index (κ1) is 28.8. The zero-order valence-electron chi connectivity index (χ0n) is 21.0. The maximum Gasteiger partial charge on any atom is 0.269 e. The van der Waals surface area contributed by atoms with Gasteiger partial charge in [0.05, 0.1) is 12.2 Å². The lowest BCUT2D eigenvalue weighted by molar-refractivity contribution is -0.116. The van der Waals surface area contributed by atoms with Gasteiger partial charge in [-0.05, 0) is 66.2 Å². The Morgan fingerprint density at radius 3 is 2.32 bits per heavy atom. The molecule has 38 heavy (non-hydrogen) atoms. The largest absolute Gasteiger partial charge is 0.492 e. The third kappa shape index (κ3) is 9.28. The molecule has 0 bridgehead atoms. The molecule has 3 rings (SSSR count). The van der Waals surface area contributed by atoms with E-state index in [-0.39, 0.29) is 22.5 Å². The van der Waals surface area contributed by atoms with Crippen LogP contribution in [-0.4, -0.2) is 29.4 Å². The lowest BCUT2D eigenvalue weighted by Gasteiger charge is -2.14. The Balaban J connectivity index is 1.51. The molecule has 0 saturated heterocycles. The summed E-state index contributed by atoms with van der Waals surface area (Å²) in [6.07, 6.45) is 1.10. The molecule has 0 fully saturated rings. The van der Waals surface area contributed by atoms with Gasteiger partial charge in [-0.25, -0.2) is 0 Å². The van der Waals surface area contributed by atoms with Crippen molar-refractivity contribution in [1.82, 2.24) is 16.2 Å². The number of benzene rings is 3. The number of carbonyl (C=O) groups is 3. The monoisotopic (exact) mass is 596 g/mol. The first-order chi connectivity index (χ1) is 18.2. The third-order valence-corrected chi connectivity index (χ3v) is 5.92. The van der Waals surface area contributed by atoms with Crippen LogP contribution >= 0.6 is 28.1 Å². The Bertz CT molecular complexity index is 1280. The van der Waals surface area contributed by atoms with E-state index in [1.165, 1.54) is 0 Å². The summed E-state index contributed by atoms with van der Waals surface area (Å²) < 4.78 is 6.57. The fourth-order valence-corrected chi connectivity index (χ4v) is 3.91. The van der Waals surface area contributed by atoms with Crippen molar-refractivity contribution in [3.63, 3.8) is 0 Å². The van der Waals surface area contributed by atoms with Crippen LogP contribution in [0, 0.1) is 5.92 Å². The van der Waals surface area contributed by atoms with E-state index in [1.54, 1.807) is 42.5 Å².